The van der Waals surface area contributed by atoms with E-state index in [0.717, 1.165) is 22.6 Å². The average Bonchev–Trinajstić information content (AvgIpc) is 3.49. The second kappa shape index (κ2) is 13.0. The van der Waals surface area contributed by atoms with E-state index in [4.69, 9.17) is 16.3 Å². The maximum absolute atomic E-state index is 13.7. The monoisotopic (exact) mass is 615 g/mol. The predicted molar refractivity (Wildman–Crippen MR) is 169 cm³/mol. The first-order valence-electron chi connectivity index (χ1n) is 12.8. The number of benzene rings is 4. The Morgan fingerprint density at radius 2 is 1.64 bits per heavy atom. The van der Waals surface area contributed by atoms with Gasteiger partial charge in [-0.25, -0.2) is 13.4 Å². The molecule has 1 amide bonds. The molecule has 0 fully saturated rings. The van der Waals surface area contributed by atoms with Crippen LogP contribution in [-0.2, 0) is 16.4 Å². The molecule has 0 saturated carbocycles. The lowest BCUT2D eigenvalue weighted by Gasteiger charge is -2.22. The van der Waals surface area contributed by atoms with E-state index >= 15 is 0 Å². The van der Waals surface area contributed by atoms with E-state index in [0.29, 0.717) is 27.3 Å². The number of hydrogen-bond acceptors (Lipinski definition) is 7. The fourth-order valence-corrected chi connectivity index (χ4v) is 5.98. The summed E-state index contributed by atoms with van der Waals surface area (Å²) < 4.78 is 30.3. The smallest absolute Gasteiger partial charge is 0.270 e. The molecule has 212 valence electrons. The minimum Gasteiger partial charge on any atom is -0.497 e. The minimum atomic E-state index is -3.53. The number of carbonyl (C=O) groups excluding carboxylic acids is 1. The van der Waals surface area contributed by atoms with Crippen LogP contribution in [0.1, 0.15) is 20.8 Å². The number of sulfone groups is 1. The summed E-state index contributed by atoms with van der Waals surface area (Å²) in [5.74, 6) is 0.543. The van der Waals surface area contributed by atoms with E-state index in [-0.39, 0.29) is 10.8 Å². The first-order valence-corrected chi connectivity index (χ1v) is 15.6. The van der Waals surface area contributed by atoms with Crippen molar-refractivity contribution in [3.63, 3.8) is 0 Å². The molecular weight excluding hydrogens is 590 g/mol. The molecule has 0 radical (unpaired) electrons. The number of carbonyl (C=O) groups is 1. The van der Waals surface area contributed by atoms with Crippen LogP contribution >= 0.6 is 22.9 Å². The lowest BCUT2D eigenvalue weighted by atomic mass is 10.2. The Kier molecular flexibility index (Phi) is 9.02. The molecule has 0 atom stereocenters. The van der Waals surface area contributed by atoms with E-state index in [1.807, 2.05) is 48.5 Å². The number of methoxy groups -OCH3 is 1. The molecule has 0 unspecified atom stereocenters. The van der Waals surface area contributed by atoms with Crippen LogP contribution in [0, 0.1) is 0 Å². The largest absolute Gasteiger partial charge is 0.497 e. The van der Waals surface area contributed by atoms with E-state index in [1.54, 1.807) is 78.9 Å². The highest BCUT2D eigenvalue weighted by molar-refractivity contribution is 7.94. The maximum atomic E-state index is 13.7. The third-order valence-electron chi connectivity index (χ3n) is 6.27. The van der Waals surface area contributed by atoms with Crippen molar-refractivity contribution in [2.75, 3.05) is 17.3 Å². The number of hydrogen-bond donors (Lipinski definition) is 1. The molecule has 7 nitrogen and oxygen atoms in total. The first kappa shape index (κ1) is 29.1. The van der Waals surface area contributed by atoms with Crippen molar-refractivity contribution in [2.24, 2.45) is 0 Å². The SMILES string of the molecule is COc1ccc(CN(C(=O)c2cnc(Nc3ccc(C=CS(=O)(=O)c4ccccc4)cc3)s2)c2ccc(Cl)cc2)cc1. The van der Waals surface area contributed by atoms with Crippen LogP contribution in [0.5, 0.6) is 5.75 Å². The number of rotatable bonds is 10. The zero-order chi connectivity index (χ0) is 29.5. The molecule has 0 bridgehead atoms. The lowest BCUT2D eigenvalue weighted by molar-refractivity contribution is 0.0989. The minimum absolute atomic E-state index is 0.196. The van der Waals surface area contributed by atoms with Gasteiger partial charge in [-0.15, -0.1) is 0 Å². The molecular formula is C32H26ClN3O4S2. The molecule has 0 saturated heterocycles. The molecule has 0 aliphatic carbocycles. The third-order valence-corrected chi connectivity index (χ3v) is 8.85. The van der Waals surface area contributed by atoms with Gasteiger partial charge in [-0.05, 0) is 77.9 Å². The van der Waals surface area contributed by atoms with Crippen LogP contribution in [0.25, 0.3) is 6.08 Å². The summed E-state index contributed by atoms with van der Waals surface area (Å²) in [5.41, 5.74) is 3.13. The van der Waals surface area contributed by atoms with Crippen LogP contribution in [0.3, 0.4) is 0 Å². The summed E-state index contributed by atoms with van der Waals surface area (Å²) in [6, 6.07) is 30.2. The Balaban J connectivity index is 1.29. The van der Waals surface area contributed by atoms with Gasteiger partial charge in [0.1, 0.15) is 10.6 Å². The highest BCUT2D eigenvalue weighted by Crippen LogP contribution is 2.28. The van der Waals surface area contributed by atoms with Gasteiger partial charge < -0.3 is 15.0 Å². The molecule has 1 heterocycles. The van der Waals surface area contributed by atoms with Crippen LogP contribution in [0.2, 0.25) is 5.02 Å². The summed E-state index contributed by atoms with van der Waals surface area (Å²) in [6.45, 7) is 0.347. The van der Waals surface area contributed by atoms with E-state index < -0.39 is 9.84 Å². The first-order chi connectivity index (χ1) is 20.3. The average molecular weight is 616 g/mol. The Labute approximate surface area is 253 Å². The highest BCUT2D eigenvalue weighted by Gasteiger charge is 2.21. The number of halogens is 1. The van der Waals surface area contributed by atoms with Gasteiger partial charge in [0.15, 0.2) is 15.0 Å². The predicted octanol–water partition coefficient (Wildman–Crippen LogP) is 7.84. The lowest BCUT2D eigenvalue weighted by Crippen LogP contribution is -2.29. The van der Waals surface area contributed by atoms with Crippen molar-refractivity contribution in [2.45, 2.75) is 11.4 Å². The van der Waals surface area contributed by atoms with Gasteiger partial charge in [-0.2, -0.15) is 0 Å². The maximum Gasteiger partial charge on any atom is 0.270 e. The topological polar surface area (TPSA) is 88.6 Å². The molecule has 4 aromatic carbocycles. The van der Waals surface area contributed by atoms with Crippen molar-refractivity contribution in [1.29, 1.82) is 0 Å². The number of aromatic nitrogens is 1. The Morgan fingerprint density at radius 3 is 2.31 bits per heavy atom. The number of nitrogens with one attached hydrogen (secondary N) is 1. The van der Waals surface area contributed by atoms with Crippen molar-refractivity contribution >= 4 is 61.3 Å². The second-order valence-electron chi connectivity index (χ2n) is 9.15. The Bertz CT molecular complexity index is 1790. The molecule has 0 spiro atoms. The van der Waals surface area contributed by atoms with E-state index in [2.05, 4.69) is 10.3 Å². The molecule has 42 heavy (non-hydrogen) atoms. The van der Waals surface area contributed by atoms with E-state index in [1.165, 1.54) is 16.7 Å². The Morgan fingerprint density at radius 1 is 0.952 bits per heavy atom. The Hall–Kier alpha value is -4.44. The van der Waals surface area contributed by atoms with Gasteiger partial charge in [0.25, 0.3) is 5.91 Å². The standard InChI is InChI=1S/C32H26ClN3O4S2/c1-40-28-17-9-24(10-18-28)22-36(27-15-11-25(33)12-16-27)31(37)30-21-34-32(41-30)35-26-13-7-23(8-14-26)19-20-42(38,39)29-5-3-2-4-6-29/h2-21H,22H2,1H3,(H,34,35). The zero-order valence-electron chi connectivity index (χ0n) is 22.5. The third kappa shape index (κ3) is 7.25. The second-order valence-corrected chi connectivity index (χ2v) is 12.5. The normalized spacial score (nSPS) is 11.4. The fraction of sp³-hybridized carbons (Fsp3) is 0.0625. The van der Waals surface area contributed by atoms with Crippen LogP contribution in [0.4, 0.5) is 16.5 Å². The summed E-state index contributed by atoms with van der Waals surface area (Å²) in [6.07, 6.45) is 3.11. The van der Waals surface area contributed by atoms with Crippen LogP contribution < -0.4 is 15.0 Å². The molecule has 0 aliphatic heterocycles. The van der Waals surface area contributed by atoms with Gasteiger partial charge in [-0.3, -0.25) is 4.79 Å². The van der Waals surface area contributed by atoms with Crippen LogP contribution in [0.15, 0.2) is 120 Å². The number of anilines is 3. The number of thiazole rings is 1. The molecule has 1 aromatic heterocycles. The van der Waals surface area contributed by atoms with Gasteiger partial charge in [0.2, 0.25) is 0 Å². The van der Waals surface area contributed by atoms with Gasteiger partial charge in [-0.1, -0.05) is 65.4 Å². The fourth-order valence-electron chi connectivity index (χ4n) is 4.04. The number of amides is 1. The van der Waals surface area contributed by atoms with Gasteiger partial charge in [0, 0.05) is 21.8 Å². The van der Waals surface area contributed by atoms with Crippen LogP contribution in [-0.4, -0.2) is 26.4 Å². The van der Waals surface area contributed by atoms with E-state index in [9.17, 15) is 13.2 Å². The summed E-state index contributed by atoms with van der Waals surface area (Å²) >= 11 is 7.34. The molecule has 10 heteroatoms. The molecule has 0 aliphatic rings. The summed E-state index contributed by atoms with van der Waals surface area (Å²) in [7, 11) is -1.92. The van der Waals surface area contributed by atoms with Crippen molar-refractivity contribution in [3.05, 3.63) is 136 Å². The van der Waals surface area contributed by atoms with Gasteiger partial charge >= 0.3 is 0 Å². The molecule has 5 aromatic rings. The van der Waals surface area contributed by atoms with Crippen molar-refractivity contribution in [3.8, 4) is 5.75 Å². The van der Waals surface area contributed by atoms with Crippen molar-refractivity contribution in [1.82, 2.24) is 4.98 Å². The summed E-state index contributed by atoms with van der Waals surface area (Å²) in [4.78, 5) is 20.5. The highest BCUT2D eigenvalue weighted by atomic mass is 35.5. The molecule has 1 N–H and O–H groups in total. The van der Waals surface area contributed by atoms with Crippen molar-refractivity contribution < 1.29 is 17.9 Å². The molecule has 5 rings (SSSR count). The van der Waals surface area contributed by atoms with Gasteiger partial charge in [0.05, 0.1) is 24.7 Å². The number of nitrogens with zero attached hydrogens (tertiary/aromatic N) is 2. The quantitative estimate of drug-likeness (QED) is 0.172. The number of ether oxygens (including phenoxy) is 1. The summed E-state index contributed by atoms with van der Waals surface area (Å²) in [5, 5.41) is 5.54. The zero-order valence-corrected chi connectivity index (χ0v) is 24.9.